The van der Waals surface area contributed by atoms with Crippen LogP contribution < -0.4 is 5.73 Å². The van der Waals surface area contributed by atoms with Gasteiger partial charge in [0.25, 0.3) is 0 Å². The highest BCUT2D eigenvalue weighted by Crippen LogP contribution is 2.24. The van der Waals surface area contributed by atoms with Crippen LogP contribution in [0.1, 0.15) is 24.5 Å². The second-order valence-corrected chi connectivity index (χ2v) is 3.68. The summed E-state index contributed by atoms with van der Waals surface area (Å²) in [5.41, 5.74) is 8.82. The molecule has 0 aliphatic heterocycles. The molecule has 0 aromatic heterocycles. The van der Waals surface area contributed by atoms with Gasteiger partial charge in [0.15, 0.2) is 0 Å². The summed E-state index contributed by atoms with van der Waals surface area (Å²) in [6.45, 7) is 3.81. The van der Waals surface area contributed by atoms with Crippen LogP contribution in [0.5, 0.6) is 0 Å². The quantitative estimate of drug-likeness (QED) is 0.778. The summed E-state index contributed by atoms with van der Waals surface area (Å²) in [7, 11) is 0. The molecular formula is C12H13ClN2. The van der Waals surface area contributed by atoms with Crippen molar-refractivity contribution in [2.75, 3.05) is 0 Å². The molecule has 0 heterocycles. The van der Waals surface area contributed by atoms with Crippen molar-refractivity contribution in [3.05, 3.63) is 39.9 Å². The van der Waals surface area contributed by atoms with Crippen molar-refractivity contribution in [3.63, 3.8) is 0 Å². The van der Waals surface area contributed by atoms with E-state index in [1.807, 2.05) is 32.0 Å². The summed E-state index contributed by atoms with van der Waals surface area (Å²) in [6.07, 6.45) is 0.633. The Balaban J connectivity index is 3.35. The number of rotatable bonds is 2. The maximum Gasteiger partial charge on any atom is 0.0968 e. The Morgan fingerprint density at radius 2 is 2.20 bits per heavy atom. The average Bonchev–Trinajstić information content (AvgIpc) is 2.23. The molecule has 2 nitrogen and oxygen atoms in total. The molecule has 78 valence electrons. The van der Waals surface area contributed by atoms with Crippen molar-refractivity contribution >= 4 is 17.3 Å². The number of nitriles is 1. The maximum atomic E-state index is 8.90. The largest absolute Gasteiger partial charge is 0.397 e. The van der Waals surface area contributed by atoms with Gasteiger partial charge < -0.3 is 5.73 Å². The average molecular weight is 221 g/mol. The third kappa shape index (κ3) is 2.31. The van der Waals surface area contributed by atoms with Crippen LogP contribution in [0.25, 0.3) is 5.70 Å². The van der Waals surface area contributed by atoms with Crippen LogP contribution in [0.3, 0.4) is 0 Å². The van der Waals surface area contributed by atoms with Crippen LogP contribution in [0, 0.1) is 18.3 Å². The van der Waals surface area contributed by atoms with Crippen molar-refractivity contribution in [2.24, 2.45) is 5.73 Å². The molecule has 3 heteroatoms. The molecule has 0 spiro atoms. The monoisotopic (exact) mass is 220 g/mol. The Morgan fingerprint density at radius 3 is 2.73 bits per heavy atom. The second-order valence-electron chi connectivity index (χ2n) is 3.27. The highest BCUT2D eigenvalue weighted by molar-refractivity contribution is 6.31. The second kappa shape index (κ2) is 4.86. The van der Waals surface area contributed by atoms with Crippen molar-refractivity contribution in [1.82, 2.24) is 0 Å². The van der Waals surface area contributed by atoms with Gasteiger partial charge in [0.2, 0.25) is 0 Å². The lowest BCUT2D eigenvalue weighted by Crippen LogP contribution is -2.02. The fourth-order valence-corrected chi connectivity index (χ4v) is 1.57. The van der Waals surface area contributed by atoms with Crippen molar-refractivity contribution in [1.29, 1.82) is 5.26 Å². The minimum atomic E-state index is 0.528. The maximum absolute atomic E-state index is 8.90. The number of hydrogen-bond acceptors (Lipinski definition) is 2. The first-order valence-electron chi connectivity index (χ1n) is 4.76. The van der Waals surface area contributed by atoms with E-state index in [2.05, 4.69) is 6.07 Å². The Bertz CT molecular complexity index is 441. The molecule has 0 radical (unpaired) electrons. The highest BCUT2D eigenvalue weighted by atomic mass is 35.5. The molecule has 0 aliphatic carbocycles. The molecule has 2 N–H and O–H groups in total. The van der Waals surface area contributed by atoms with Gasteiger partial charge in [-0.05, 0) is 25.0 Å². The lowest BCUT2D eigenvalue weighted by Gasteiger charge is -2.09. The third-order valence-corrected chi connectivity index (χ3v) is 2.78. The van der Waals surface area contributed by atoms with Crippen LogP contribution in [0.15, 0.2) is 23.8 Å². The minimum Gasteiger partial charge on any atom is -0.397 e. The summed E-state index contributed by atoms with van der Waals surface area (Å²) < 4.78 is 0. The van der Waals surface area contributed by atoms with E-state index in [1.165, 1.54) is 0 Å². The van der Waals surface area contributed by atoms with Gasteiger partial charge >= 0.3 is 0 Å². The van der Waals surface area contributed by atoms with Crippen molar-refractivity contribution in [2.45, 2.75) is 20.3 Å². The molecular weight excluding hydrogens is 208 g/mol. The first-order chi connectivity index (χ1) is 7.11. The molecule has 0 amide bonds. The van der Waals surface area contributed by atoms with Crippen LogP contribution >= 0.6 is 11.6 Å². The smallest absolute Gasteiger partial charge is 0.0968 e. The molecule has 1 aromatic rings. The molecule has 0 fully saturated rings. The SMILES string of the molecule is CC/C(C#N)=C(/N)c1cccc(Cl)c1C. The first kappa shape index (κ1) is 11.6. The van der Waals surface area contributed by atoms with Gasteiger partial charge in [-0.1, -0.05) is 30.7 Å². The summed E-state index contributed by atoms with van der Waals surface area (Å²) in [5.74, 6) is 0. The molecule has 1 rings (SSSR count). The highest BCUT2D eigenvalue weighted by Gasteiger charge is 2.08. The van der Waals surface area contributed by atoms with E-state index in [-0.39, 0.29) is 0 Å². The summed E-state index contributed by atoms with van der Waals surface area (Å²) in [4.78, 5) is 0. The van der Waals surface area contributed by atoms with Crippen LogP contribution in [0.2, 0.25) is 5.02 Å². The number of allylic oxidation sites excluding steroid dienone is 1. The topological polar surface area (TPSA) is 49.8 Å². The lowest BCUT2D eigenvalue weighted by atomic mass is 10.0. The number of hydrogen-bond donors (Lipinski definition) is 1. The zero-order chi connectivity index (χ0) is 11.4. The predicted octanol–water partition coefficient (Wildman–Crippen LogP) is 3.25. The van der Waals surface area contributed by atoms with Gasteiger partial charge in [-0.25, -0.2) is 0 Å². The Labute approximate surface area is 95.0 Å². The fourth-order valence-electron chi connectivity index (χ4n) is 1.39. The Morgan fingerprint density at radius 1 is 1.53 bits per heavy atom. The standard InChI is InChI=1S/C12H13ClN2/c1-3-9(7-14)12(15)10-5-4-6-11(13)8(10)2/h4-6H,3,15H2,1-2H3/b12-9-. The van der Waals surface area contributed by atoms with Crippen LogP contribution in [0.4, 0.5) is 0 Å². The van der Waals surface area contributed by atoms with E-state index in [9.17, 15) is 0 Å². The molecule has 0 aliphatic rings. The molecule has 0 atom stereocenters. The van der Waals surface area contributed by atoms with E-state index in [1.54, 1.807) is 0 Å². The summed E-state index contributed by atoms with van der Waals surface area (Å²) in [6, 6.07) is 7.63. The van der Waals surface area contributed by atoms with E-state index in [0.717, 1.165) is 11.1 Å². The normalized spacial score (nSPS) is 11.9. The number of benzene rings is 1. The van der Waals surface area contributed by atoms with Gasteiger partial charge in [-0.3, -0.25) is 0 Å². The molecule has 0 saturated heterocycles. The van der Waals surface area contributed by atoms with Crippen molar-refractivity contribution in [3.8, 4) is 6.07 Å². The minimum absolute atomic E-state index is 0.528. The molecule has 1 aromatic carbocycles. The molecule has 0 saturated carbocycles. The van der Waals surface area contributed by atoms with Gasteiger partial charge in [0.05, 0.1) is 17.3 Å². The Hall–Kier alpha value is -1.46. The van der Waals surface area contributed by atoms with E-state index in [4.69, 9.17) is 22.6 Å². The first-order valence-corrected chi connectivity index (χ1v) is 5.13. The zero-order valence-electron chi connectivity index (χ0n) is 8.84. The number of nitrogens with two attached hydrogens (primary N) is 1. The van der Waals surface area contributed by atoms with Gasteiger partial charge in [0, 0.05) is 10.6 Å². The van der Waals surface area contributed by atoms with Gasteiger partial charge in [-0.15, -0.1) is 0 Å². The molecule has 0 unspecified atom stereocenters. The summed E-state index contributed by atoms with van der Waals surface area (Å²) in [5, 5.41) is 9.57. The van der Waals surface area contributed by atoms with Crippen LogP contribution in [-0.2, 0) is 0 Å². The molecule has 15 heavy (non-hydrogen) atoms. The van der Waals surface area contributed by atoms with Crippen molar-refractivity contribution < 1.29 is 0 Å². The van der Waals surface area contributed by atoms with Crippen LogP contribution in [-0.4, -0.2) is 0 Å². The predicted molar refractivity (Wildman–Crippen MR) is 63.2 cm³/mol. The summed E-state index contributed by atoms with van der Waals surface area (Å²) >= 11 is 5.99. The Kier molecular flexibility index (Phi) is 3.76. The zero-order valence-corrected chi connectivity index (χ0v) is 9.60. The number of halogens is 1. The van der Waals surface area contributed by atoms with E-state index < -0.39 is 0 Å². The lowest BCUT2D eigenvalue weighted by molar-refractivity contribution is 1.14. The third-order valence-electron chi connectivity index (χ3n) is 2.37. The molecule has 0 bridgehead atoms. The fraction of sp³-hybridized carbons (Fsp3) is 0.250. The van der Waals surface area contributed by atoms with Gasteiger partial charge in [0.1, 0.15) is 0 Å². The van der Waals surface area contributed by atoms with E-state index >= 15 is 0 Å². The van der Waals surface area contributed by atoms with E-state index in [0.29, 0.717) is 22.7 Å². The van der Waals surface area contributed by atoms with Gasteiger partial charge in [-0.2, -0.15) is 5.26 Å². The number of nitrogens with zero attached hydrogens (tertiary/aromatic N) is 1.